The van der Waals surface area contributed by atoms with Gasteiger partial charge >= 0.3 is 6.09 Å². The molecular formula is C17H21NO3. The standard InChI is InChI=1S/C17H21NO3/c1-17(2,3)10-9-15(19)18-14(12-21-16(18)20)11-13-7-5-4-6-8-13/h4-10,14H,11-12H2,1-3H3/b10-9+/t14-/m0/s1. The van der Waals surface area contributed by atoms with Gasteiger partial charge in [-0.2, -0.15) is 0 Å². The van der Waals surface area contributed by atoms with Gasteiger partial charge in [0.05, 0.1) is 6.04 Å². The van der Waals surface area contributed by atoms with Crippen LogP contribution in [-0.2, 0) is 16.0 Å². The maximum atomic E-state index is 12.2. The van der Waals surface area contributed by atoms with Crippen LogP contribution in [0, 0.1) is 5.41 Å². The lowest BCUT2D eigenvalue weighted by Crippen LogP contribution is -2.39. The Morgan fingerprint density at radius 2 is 2.00 bits per heavy atom. The van der Waals surface area contributed by atoms with Crippen LogP contribution in [0.25, 0.3) is 0 Å². The fourth-order valence-electron chi connectivity index (χ4n) is 2.17. The Bertz CT molecular complexity index is 543. The van der Waals surface area contributed by atoms with E-state index in [4.69, 9.17) is 4.74 Å². The molecule has 1 fully saturated rings. The molecule has 1 aromatic carbocycles. The van der Waals surface area contributed by atoms with E-state index in [1.165, 1.54) is 11.0 Å². The third-order valence-corrected chi connectivity index (χ3v) is 3.24. The number of ether oxygens (including phenoxy) is 1. The first-order valence-electron chi connectivity index (χ1n) is 7.10. The smallest absolute Gasteiger partial charge is 0.417 e. The molecule has 4 nitrogen and oxygen atoms in total. The minimum atomic E-state index is -0.556. The zero-order valence-corrected chi connectivity index (χ0v) is 12.7. The number of hydrogen-bond acceptors (Lipinski definition) is 3. The van der Waals surface area contributed by atoms with Crippen molar-refractivity contribution in [3.63, 3.8) is 0 Å². The molecule has 4 heteroatoms. The van der Waals surface area contributed by atoms with Crippen molar-refractivity contribution in [3.05, 3.63) is 48.0 Å². The summed E-state index contributed by atoms with van der Waals surface area (Å²) in [6, 6.07) is 9.55. The highest BCUT2D eigenvalue weighted by molar-refractivity contribution is 5.99. The molecule has 1 heterocycles. The monoisotopic (exact) mass is 287 g/mol. The lowest BCUT2D eigenvalue weighted by Gasteiger charge is -2.19. The lowest BCUT2D eigenvalue weighted by molar-refractivity contribution is -0.124. The second kappa shape index (κ2) is 6.12. The summed E-state index contributed by atoms with van der Waals surface area (Å²) in [6.07, 6.45) is 3.33. The topological polar surface area (TPSA) is 46.6 Å². The molecule has 1 aromatic rings. The molecule has 21 heavy (non-hydrogen) atoms. The summed E-state index contributed by atoms with van der Waals surface area (Å²) < 4.78 is 5.04. The average Bonchev–Trinajstić information content (AvgIpc) is 2.77. The molecule has 0 aliphatic carbocycles. The molecule has 1 saturated heterocycles. The summed E-state index contributed by atoms with van der Waals surface area (Å²) in [6.45, 7) is 6.25. The molecule has 0 spiro atoms. The van der Waals surface area contributed by atoms with Gasteiger partial charge in [-0.3, -0.25) is 4.79 Å². The zero-order valence-electron chi connectivity index (χ0n) is 12.7. The van der Waals surface area contributed by atoms with Crippen molar-refractivity contribution in [2.45, 2.75) is 33.2 Å². The van der Waals surface area contributed by atoms with E-state index >= 15 is 0 Å². The Morgan fingerprint density at radius 1 is 1.33 bits per heavy atom. The molecule has 112 valence electrons. The van der Waals surface area contributed by atoms with Crippen molar-refractivity contribution < 1.29 is 14.3 Å². The first kappa shape index (κ1) is 15.3. The summed E-state index contributed by atoms with van der Waals surface area (Å²) in [5.74, 6) is -0.312. The maximum Gasteiger partial charge on any atom is 0.417 e. The number of rotatable bonds is 3. The van der Waals surface area contributed by atoms with Crippen LogP contribution in [0.15, 0.2) is 42.5 Å². The first-order valence-corrected chi connectivity index (χ1v) is 7.10. The SMILES string of the molecule is CC(C)(C)/C=C/C(=O)N1C(=O)OC[C@@H]1Cc1ccccc1. The highest BCUT2D eigenvalue weighted by atomic mass is 16.6. The van der Waals surface area contributed by atoms with Gasteiger partial charge in [0, 0.05) is 6.08 Å². The van der Waals surface area contributed by atoms with Crippen LogP contribution < -0.4 is 0 Å². The molecule has 1 atom stereocenters. The minimum absolute atomic E-state index is 0.103. The van der Waals surface area contributed by atoms with Crippen molar-refractivity contribution in [3.8, 4) is 0 Å². The number of imide groups is 1. The Hall–Kier alpha value is -2.10. The number of amides is 2. The number of nitrogens with zero attached hydrogens (tertiary/aromatic N) is 1. The highest BCUT2D eigenvalue weighted by Crippen LogP contribution is 2.19. The predicted molar refractivity (Wildman–Crippen MR) is 80.7 cm³/mol. The molecule has 0 N–H and O–H groups in total. The largest absolute Gasteiger partial charge is 0.447 e. The molecule has 2 amide bonds. The van der Waals surface area contributed by atoms with Crippen molar-refractivity contribution in [1.29, 1.82) is 0 Å². The van der Waals surface area contributed by atoms with E-state index in [0.29, 0.717) is 6.42 Å². The Labute approximate surface area is 125 Å². The van der Waals surface area contributed by atoms with Gasteiger partial charge in [-0.05, 0) is 17.4 Å². The highest BCUT2D eigenvalue weighted by Gasteiger charge is 2.36. The van der Waals surface area contributed by atoms with Crippen molar-refractivity contribution in [2.24, 2.45) is 5.41 Å². The van der Waals surface area contributed by atoms with Crippen LogP contribution in [0.5, 0.6) is 0 Å². The number of benzene rings is 1. The lowest BCUT2D eigenvalue weighted by atomic mass is 9.96. The quantitative estimate of drug-likeness (QED) is 0.802. The number of carbonyl (C=O) groups excluding carboxylic acids is 2. The average molecular weight is 287 g/mol. The van der Waals surface area contributed by atoms with Gasteiger partial charge in [0.25, 0.3) is 5.91 Å². The Morgan fingerprint density at radius 3 is 2.62 bits per heavy atom. The fraction of sp³-hybridized carbons (Fsp3) is 0.412. The second-order valence-corrected chi connectivity index (χ2v) is 6.33. The van der Waals surface area contributed by atoms with Crippen LogP contribution in [0.4, 0.5) is 4.79 Å². The van der Waals surface area contributed by atoms with E-state index in [9.17, 15) is 9.59 Å². The van der Waals surface area contributed by atoms with Gasteiger partial charge in [0.2, 0.25) is 0 Å². The van der Waals surface area contributed by atoms with E-state index < -0.39 is 6.09 Å². The number of cyclic esters (lactones) is 1. The Kier molecular flexibility index (Phi) is 4.46. The van der Waals surface area contributed by atoms with E-state index in [1.807, 2.05) is 51.1 Å². The summed E-state index contributed by atoms with van der Waals surface area (Å²) in [5.41, 5.74) is 0.979. The van der Waals surface area contributed by atoms with Crippen molar-refractivity contribution in [2.75, 3.05) is 6.61 Å². The van der Waals surface area contributed by atoms with Crippen LogP contribution >= 0.6 is 0 Å². The number of allylic oxidation sites excluding steroid dienone is 1. The molecule has 0 aromatic heterocycles. The fourth-order valence-corrected chi connectivity index (χ4v) is 2.17. The molecular weight excluding hydrogens is 266 g/mol. The van der Waals surface area contributed by atoms with E-state index in [2.05, 4.69) is 0 Å². The minimum Gasteiger partial charge on any atom is -0.447 e. The molecule has 0 saturated carbocycles. The van der Waals surface area contributed by atoms with Crippen molar-refractivity contribution in [1.82, 2.24) is 4.90 Å². The number of carbonyl (C=O) groups is 2. The molecule has 0 radical (unpaired) electrons. The molecule has 2 rings (SSSR count). The first-order chi connectivity index (χ1) is 9.87. The molecule has 1 aliphatic heterocycles. The number of hydrogen-bond donors (Lipinski definition) is 0. The van der Waals surface area contributed by atoms with Crippen LogP contribution in [0.2, 0.25) is 0 Å². The van der Waals surface area contributed by atoms with Gasteiger partial charge in [0.15, 0.2) is 0 Å². The van der Waals surface area contributed by atoms with Crippen LogP contribution in [-0.4, -0.2) is 29.5 Å². The van der Waals surface area contributed by atoms with E-state index in [1.54, 1.807) is 6.08 Å². The van der Waals surface area contributed by atoms with Gasteiger partial charge < -0.3 is 4.74 Å². The Balaban J connectivity index is 2.10. The molecule has 0 bridgehead atoms. The van der Waals surface area contributed by atoms with Crippen LogP contribution in [0.3, 0.4) is 0 Å². The summed E-state index contributed by atoms with van der Waals surface area (Å²) in [4.78, 5) is 25.2. The normalized spacial score (nSPS) is 19.1. The summed E-state index contributed by atoms with van der Waals surface area (Å²) >= 11 is 0. The summed E-state index contributed by atoms with van der Waals surface area (Å²) in [7, 11) is 0. The second-order valence-electron chi connectivity index (χ2n) is 6.33. The molecule has 1 aliphatic rings. The van der Waals surface area contributed by atoms with Crippen molar-refractivity contribution >= 4 is 12.0 Å². The van der Waals surface area contributed by atoms with Gasteiger partial charge in [0.1, 0.15) is 6.61 Å². The third kappa shape index (κ3) is 4.18. The van der Waals surface area contributed by atoms with Gasteiger partial charge in [-0.1, -0.05) is 57.2 Å². The van der Waals surface area contributed by atoms with Crippen LogP contribution in [0.1, 0.15) is 26.3 Å². The van der Waals surface area contributed by atoms with Gasteiger partial charge in [-0.25, -0.2) is 9.69 Å². The predicted octanol–water partition coefficient (Wildman–Crippen LogP) is 3.18. The van der Waals surface area contributed by atoms with Gasteiger partial charge in [-0.15, -0.1) is 0 Å². The van der Waals surface area contributed by atoms with E-state index in [0.717, 1.165) is 5.56 Å². The van der Waals surface area contributed by atoms with E-state index in [-0.39, 0.29) is 24.0 Å². The maximum absolute atomic E-state index is 12.2. The molecule has 0 unspecified atom stereocenters. The third-order valence-electron chi connectivity index (χ3n) is 3.24. The summed E-state index contributed by atoms with van der Waals surface area (Å²) in [5, 5.41) is 0. The zero-order chi connectivity index (χ0) is 15.5.